The highest BCUT2D eigenvalue weighted by atomic mass is 32.2. The molecule has 1 heterocycles. The molecule has 20 heavy (non-hydrogen) atoms. The van der Waals surface area contributed by atoms with E-state index in [1.165, 1.54) is 24.5 Å². The summed E-state index contributed by atoms with van der Waals surface area (Å²) < 4.78 is 26.3. The lowest BCUT2D eigenvalue weighted by atomic mass is 10.2. The van der Waals surface area contributed by atoms with Crippen LogP contribution in [0.1, 0.15) is 5.56 Å². The maximum Gasteiger partial charge on any atom is 0.328 e. The monoisotopic (exact) mass is 293 g/mol. The number of nitrogens with zero attached hydrogens (tertiary/aromatic N) is 1. The van der Waals surface area contributed by atoms with Gasteiger partial charge >= 0.3 is 5.97 Å². The summed E-state index contributed by atoms with van der Waals surface area (Å²) in [7, 11) is -3.70. The lowest BCUT2D eigenvalue weighted by Gasteiger charge is -2.06. The summed E-state index contributed by atoms with van der Waals surface area (Å²) in [5, 5.41) is 14.5. The first-order chi connectivity index (χ1) is 9.47. The molecule has 0 aliphatic carbocycles. The van der Waals surface area contributed by atoms with Crippen LogP contribution in [-0.4, -0.2) is 29.7 Å². The van der Waals surface area contributed by atoms with Gasteiger partial charge in [-0.2, -0.15) is 5.10 Å². The highest BCUT2D eigenvalue weighted by molar-refractivity contribution is 7.92. The summed E-state index contributed by atoms with van der Waals surface area (Å²) in [5.74, 6) is -1.07. The largest absolute Gasteiger partial charge is 0.478 e. The molecule has 0 amide bonds. The first-order valence-corrected chi connectivity index (χ1v) is 6.98. The number of H-pyrrole nitrogens is 1. The van der Waals surface area contributed by atoms with Gasteiger partial charge in [0, 0.05) is 18.0 Å². The van der Waals surface area contributed by atoms with Crippen LogP contribution >= 0.6 is 0 Å². The van der Waals surface area contributed by atoms with E-state index in [1.54, 1.807) is 18.2 Å². The zero-order valence-corrected chi connectivity index (χ0v) is 11.0. The van der Waals surface area contributed by atoms with Gasteiger partial charge in [0.15, 0.2) is 0 Å². The predicted molar refractivity (Wildman–Crippen MR) is 72.5 cm³/mol. The molecule has 1 aromatic carbocycles. The summed E-state index contributed by atoms with van der Waals surface area (Å²) in [6, 6.07) is 6.37. The average molecular weight is 293 g/mol. The van der Waals surface area contributed by atoms with E-state index < -0.39 is 16.0 Å². The number of carbonyl (C=O) groups is 1. The van der Waals surface area contributed by atoms with Gasteiger partial charge in [-0.1, -0.05) is 12.1 Å². The van der Waals surface area contributed by atoms with Crippen LogP contribution in [0, 0.1) is 0 Å². The van der Waals surface area contributed by atoms with Crippen molar-refractivity contribution in [1.82, 2.24) is 10.2 Å². The third-order valence-corrected chi connectivity index (χ3v) is 3.69. The number of aromatic nitrogens is 2. The number of carboxylic acid groups (broad SMARTS) is 1. The van der Waals surface area contributed by atoms with Crippen LogP contribution in [0.15, 0.2) is 47.6 Å². The topological polar surface area (TPSA) is 112 Å². The summed E-state index contributed by atoms with van der Waals surface area (Å²) in [5.41, 5.74) is 0.901. The molecule has 3 N–H and O–H groups in total. The quantitative estimate of drug-likeness (QED) is 0.719. The van der Waals surface area contributed by atoms with E-state index in [2.05, 4.69) is 14.9 Å². The molecule has 0 aliphatic rings. The zero-order valence-electron chi connectivity index (χ0n) is 10.1. The normalized spacial score (nSPS) is 11.6. The fraction of sp³-hybridized carbons (Fsp3) is 0. The summed E-state index contributed by atoms with van der Waals surface area (Å²) >= 11 is 0. The number of hydrogen-bond acceptors (Lipinski definition) is 4. The summed E-state index contributed by atoms with van der Waals surface area (Å²) in [4.78, 5) is 10.5. The van der Waals surface area contributed by atoms with Gasteiger partial charge in [-0.15, -0.1) is 0 Å². The van der Waals surface area contributed by atoms with Crippen molar-refractivity contribution in [3.8, 4) is 0 Å². The highest BCUT2D eigenvalue weighted by Gasteiger charge is 2.14. The van der Waals surface area contributed by atoms with Gasteiger partial charge in [0.1, 0.15) is 4.90 Å². The Kier molecular flexibility index (Phi) is 3.85. The van der Waals surface area contributed by atoms with Crippen LogP contribution in [0.5, 0.6) is 0 Å². The third kappa shape index (κ3) is 3.45. The fourth-order valence-corrected chi connectivity index (χ4v) is 2.43. The number of hydrogen-bond donors (Lipinski definition) is 3. The molecule has 8 heteroatoms. The molecule has 1 aromatic heterocycles. The highest BCUT2D eigenvalue weighted by Crippen LogP contribution is 2.16. The number of rotatable bonds is 5. The third-order valence-electron chi connectivity index (χ3n) is 2.34. The van der Waals surface area contributed by atoms with Crippen LogP contribution in [-0.2, 0) is 14.8 Å². The molecule has 7 nitrogen and oxygen atoms in total. The number of benzene rings is 1. The minimum Gasteiger partial charge on any atom is -0.478 e. The van der Waals surface area contributed by atoms with Crippen LogP contribution in [0.25, 0.3) is 6.08 Å². The van der Waals surface area contributed by atoms with Crippen molar-refractivity contribution in [3.05, 3.63) is 48.3 Å². The predicted octanol–water partition coefficient (Wildman–Crippen LogP) is 1.31. The second-order valence-corrected chi connectivity index (χ2v) is 5.52. The first-order valence-electron chi connectivity index (χ1n) is 5.50. The lowest BCUT2D eigenvalue weighted by molar-refractivity contribution is -0.131. The minimum atomic E-state index is -3.70. The molecule has 104 valence electrons. The van der Waals surface area contributed by atoms with Crippen molar-refractivity contribution in [3.63, 3.8) is 0 Å². The average Bonchev–Trinajstić information content (AvgIpc) is 2.91. The second kappa shape index (κ2) is 5.57. The standard InChI is InChI=1S/C12H11N3O4S/c16-12(17)5-4-9-2-1-3-10(6-9)15-20(18,19)11-7-13-14-8-11/h1-8,15H,(H,13,14)(H,16,17). The van der Waals surface area contributed by atoms with E-state index in [1.807, 2.05) is 0 Å². The van der Waals surface area contributed by atoms with E-state index in [4.69, 9.17) is 5.11 Å². The Morgan fingerprint density at radius 2 is 2.20 bits per heavy atom. The number of anilines is 1. The molecule has 0 unspecified atom stereocenters. The molecule has 2 rings (SSSR count). The van der Waals surface area contributed by atoms with Crippen molar-refractivity contribution in [2.24, 2.45) is 0 Å². The molecule has 0 atom stereocenters. The van der Waals surface area contributed by atoms with Crippen molar-refractivity contribution in [2.45, 2.75) is 4.90 Å². The second-order valence-electron chi connectivity index (χ2n) is 3.84. The van der Waals surface area contributed by atoms with Crippen molar-refractivity contribution in [1.29, 1.82) is 0 Å². The van der Waals surface area contributed by atoms with E-state index in [-0.39, 0.29) is 4.90 Å². The molecular formula is C12H11N3O4S. The van der Waals surface area contributed by atoms with Gasteiger partial charge < -0.3 is 5.11 Å². The fourth-order valence-electron chi connectivity index (χ4n) is 1.47. The van der Waals surface area contributed by atoms with Gasteiger partial charge in [0.2, 0.25) is 0 Å². The van der Waals surface area contributed by atoms with Crippen molar-refractivity contribution >= 4 is 27.8 Å². The Labute approximate surface area is 115 Å². The van der Waals surface area contributed by atoms with Gasteiger partial charge in [0.05, 0.1) is 6.20 Å². The van der Waals surface area contributed by atoms with Crippen LogP contribution in [0.3, 0.4) is 0 Å². The summed E-state index contributed by atoms with van der Waals surface area (Å²) in [6.45, 7) is 0. The Bertz CT molecular complexity index is 736. The number of sulfonamides is 1. The maximum atomic E-state index is 12.0. The van der Waals surface area contributed by atoms with E-state index in [9.17, 15) is 13.2 Å². The number of aliphatic carboxylic acids is 1. The Hall–Kier alpha value is -2.61. The maximum absolute atomic E-state index is 12.0. The molecular weight excluding hydrogens is 282 g/mol. The first kappa shape index (κ1) is 13.8. The molecule has 0 bridgehead atoms. The summed E-state index contributed by atoms with van der Waals surface area (Å²) in [6.07, 6.45) is 4.80. The molecule has 0 fully saturated rings. The molecule has 0 saturated carbocycles. The lowest BCUT2D eigenvalue weighted by Crippen LogP contribution is -2.12. The van der Waals surface area contributed by atoms with Gasteiger partial charge in [-0.05, 0) is 23.8 Å². The van der Waals surface area contributed by atoms with Gasteiger partial charge in [-0.25, -0.2) is 13.2 Å². The van der Waals surface area contributed by atoms with Crippen molar-refractivity contribution < 1.29 is 18.3 Å². The molecule has 2 aromatic rings. The van der Waals surface area contributed by atoms with Crippen molar-refractivity contribution in [2.75, 3.05) is 4.72 Å². The number of carboxylic acids is 1. The van der Waals surface area contributed by atoms with Gasteiger partial charge in [0.25, 0.3) is 10.0 Å². The van der Waals surface area contributed by atoms with Crippen LogP contribution < -0.4 is 4.72 Å². The van der Waals surface area contributed by atoms with E-state index in [0.29, 0.717) is 11.3 Å². The van der Waals surface area contributed by atoms with Crippen LogP contribution in [0.2, 0.25) is 0 Å². The number of aromatic amines is 1. The Balaban J connectivity index is 2.22. The zero-order chi connectivity index (χ0) is 14.6. The molecule has 0 spiro atoms. The van der Waals surface area contributed by atoms with Crippen LogP contribution in [0.4, 0.5) is 5.69 Å². The minimum absolute atomic E-state index is 0.0176. The van der Waals surface area contributed by atoms with E-state index in [0.717, 1.165) is 6.08 Å². The van der Waals surface area contributed by atoms with Gasteiger partial charge in [-0.3, -0.25) is 9.82 Å². The molecule has 0 radical (unpaired) electrons. The molecule has 0 saturated heterocycles. The smallest absolute Gasteiger partial charge is 0.328 e. The Morgan fingerprint density at radius 1 is 1.40 bits per heavy atom. The SMILES string of the molecule is O=C(O)C=Cc1cccc(NS(=O)(=O)c2cn[nH]c2)c1. The number of nitrogens with one attached hydrogen (secondary N) is 2. The Morgan fingerprint density at radius 3 is 2.85 bits per heavy atom. The molecule has 0 aliphatic heterocycles. The van der Waals surface area contributed by atoms with E-state index >= 15 is 0 Å².